The van der Waals surface area contributed by atoms with Gasteiger partial charge < -0.3 is 10.2 Å². The van der Waals surface area contributed by atoms with Gasteiger partial charge in [0.05, 0.1) is 0 Å². The summed E-state index contributed by atoms with van der Waals surface area (Å²) in [5, 5.41) is 3.40. The number of hydrogen-bond donors (Lipinski definition) is 1. The molecule has 2 aromatic rings. The molecule has 0 spiro atoms. The van der Waals surface area contributed by atoms with Gasteiger partial charge in [0.1, 0.15) is 6.42 Å². The third-order valence-electron chi connectivity index (χ3n) is 4.19. The molecule has 124 valence electrons. The lowest BCUT2D eigenvalue weighted by Gasteiger charge is -2.29. The number of anilines is 2. The van der Waals surface area contributed by atoms with Gasteiger partial charge in [0.25, 0.3) is 0 Å². The molecule has 0 saturated heterocycles. The van der Waals surface area contributed by atoms with Gasteiger partial charge in [-0.1, -0.05) is 29.8 Å². The van der Waals surface area contributed by atoms with Crippen LogP contribution in [0.15, 0.2) is 42.5 Å². The molecular weight excluding hydrogens is 324 g/mol. The first-order valence-corrected chi connectivity index (χ1v) is 8.36. The Balaban J connectivity index is 1.68. The van der Waals surface area contributed by atoms with Gasteiger partial charge in [-0.2, -0.15) is 0 Å². The molecule has 0 bridgehead atoms. The molecule has 1 heterocycles. The van der Waals surface area contributed by atoms with Crippen molar-refractivity contribution in [1.82, 2.24) is 0 Å². The van der Waals surface area contributed by atoms with E-state index in [1.165, 1.54) is 0 Å². The SMILES string of the molecule is Cc1cc(Cl)ccc1NC(=O)CC(=O)N1CCCc2ccccc21. The van der Waals surface area contributed by atoms with Crippen LogP contribution in [0.5, 0.6) is 0 Å². The highest BCUT2D eigenvalue weighted by Gasteiger charge is 2.23. The van der Waals surface area contributed by atoms with E-state index in [4.69, 9.17) is 11.6 Å². The van der Waals surface area contributed by atoms with E-state index in [2.05, 4.69) is 5.32 Å². The zero-order valence-corrected chi connectivity index (χ0v) is 14.3. The van der Waals surface area contributed by atoms with Crippen molar-refractivity contribution in [3.8, 4) is 0 Å². The summed E-state index contributed by atoms with van der Waals surface area (Å²) in [5.41, 5.74) is 3.62. The maximum absolute atomic E-state index is 12.5. The van der Waals surface area contributed by atoms with Gasteiger partial charge in [-0.05, 0) is 55.2 Å². The average molecular weight is 343 g/mol. The number of rotatable bonds is 3. The second-order valence-corrected chi connectivity index (χ2v) is 6.40. The molecule has 0 aromatic heterocycles. The maximum Gasteiger partial charge on any atom is 0.236 e. The van der Waals surface area contributed by atoms with Gasteiger partial charge in [0, 0.05) is 22.9 Å². The van der Waals surface area contributed by atoms with E-state index in [0.29, 0.717) is 17.3 Å². The lowest BCUT2D eigenvalue weighted by Crippen LogP contribution is -2.37. The van der Waals surface area contributed by atoms with Crippen LogP contribution >= 0.6 is 11.6 Å². The number of amides is 2. The largest absolute Gasteiger partial charge is 0.325 e. The lowest BCUT2D eigenvalue weighted by molar-refractivity contribution is -0.125. The minimum absolute atomic E-state index is 0.170. The number of fused-ring (bicyclic) bond motifs is 1. The Labute approximate surface area is 146 Å². The van der Waals surface area contributed by atoms with Crippen LogP contribution < -0.4 is 10.2 Å². The standard InChI is InChI=1S/C19H19ClN2O2/c1-13-11-15(20)8-9-16(13)21-18(23)12-19(24)22-10-4-6-14-5-2-3-7-17(14)22/h2-3,5,7-9,11H,4,6,10,12H2,1H3,(H,21,23). The van der Waals surface area contributed by atoms with E-state index >= 15 is 0 Å². The van der Waals surface area contributed by atoms with Crippen molar-refractivity contribution in [2.45, 2.75) is 26.2 Å². The number of hydrogen-bond acceptors (Lipinski definition) is 2. The second kappa shape index (κ2) is 7.05. The average Bonchev–Trinajstić information content (AvgIpc) is 2.57. The van der Waals surface area contributed by atoms with Gasteiger partial charge in [0.15, 0.2) is 0 Å². The Morgan fingerprint density at radius 3 is 2.79 bits per heavy atom. The molecule has 5 heteroatoms. The summed E-state index contributed by atoms with van der Waals surface area (Å²) >= 11 is 5.91. The summed E-state index contributed by atoms with van der Waals surface area (Å²) < 4.78 is 0. The zero-order chi connectivity index (χ0) is 17.1. The number of carbonyl (C=O) groups is 2. The Bertz CT molecular complexity index is 789. The number of nitrogens with zero attached hydrogens (tertiary/aromatic N) is 1. The Morgan fingerprint density at radius 2 is 2.00 bits per heavy atom. The van der Waals surface area contributed by atoms with E-state index in [1.54, 1.807) is 23.1 Å². The first kappa shape index (κ1) is 16.5. The quantitative estimate of drug-likeness (QED) is 0.858. The molecule has 2 aromatic carbocycles. The van der Waals surface area contributed by atoms with E-state index in [9.17, 15) is 9.59 Å². The fourth-order valence-corrected chi connectivity index (χ4v) is 3.21. The third-order valence-corrected chi connectivity index (χ3v) is 4.42. The van der Waals surface area contributed by atoms with Crippen molar-refractivity contribution in [2.24, 2.45) is 0 Å². The molecule has 0 unspecified atom stereocenters. The van der Waals surface area contributed by atoms with Crippen molar-refractivity contribution in [1.29, 1.82) is 0 Å². The molecule has 1 aliphatic heterocycles. The molecule has 0 saturated carbocycles. The van der Waals surface area contributed by atoms with Crippen molar-refractivity contribution in [3.63, 3.8) is 0 Å². The van der Waals surface area contributed by atoms with Gasteiger partial charge in [-0.3, -0.25) is 9.59 Å². The minimum Gasteiger partial charge on any atom is -0.325 e. The molecular formula is C19H19ClN2O2. The van der Waals surface area contributed by atoms with Gasteiger partial charge in [-0.15, -0.1) is 0 Å². The summed E-state index contributed by atoms with van der Waals surface area (Å²) in [6.07, 6.45) is 1.72. The maximum atomic E-state index is 12.5. The number of carbonyl (C=O) groups excluding carboxylic acids is 2. The normalized spacial score (nSPS) is 13.3. The summed E-state index contributed by atoms with van der Waals surface area (Å²) in [6.45, 7) is 2.52. The molecule has 0 radical (unpaired) electrons. The van der Waals surface area contributed by atoms with Crippen molar-refractivity contribution in [3.05, 3.63) is 58.6 Å². The predicted octanol–water partition coefficient (Wildman–Crippen LogP) is 3.96. The van der Waals surface area contributed by atoms with E-state index in [0.717, 1.165) is 29.7 Å². The predicted molar refractivity (Wildman–Crippen MR) is 96.6 cm³/mol. The number of para-hydroxylation sites is 1. The van der Waals surface area contributed by atoms with Crippen LogP contribution in [-0.4, -0.2) is 18.4 Å². The van der Waals surface area contributed by atoms with E-state index < -0.39 is 0 Å². The Morgan fingerprint density at radius 1 is 1.21 bits per heavy atom. The highest BCUT2D eigenvalue weighted by Crippen LogP contribution is 2.27. The highest BCUT2D eigenvalue weighted by atomic mass is 35.5. The van der Waals surface area contributed by atoms with Gasteiger partial charge in [0.2, 0.25) is 11.8 Å². The fraction of sp³-hybridized carbons (Fsp3) is 0.263. The van der Waals surface area contributed by atoms with Crippen LogP contribution in [0.25, 0.3) is 0 Å². The topological polar surface area (TPSA) is 49.4 Å². The van der Waals surface area contributed by atoms with Gasteiger partial charge in [-0.25, -0.2) is 0 Å². The van der Waals surface area contributed by atoms with Crippen LogP contribution in [-0.2, 0) is 16.0 Å². The van der Waals surface area contributed by atoms with E-state index in [1.807, 2.05) is 31.2 Å². The number of aryl methyl sites for hydroxylation is 2. The molecule has 1 aliphatic rings. The van der Waals surface area contributed by atoms with Crippen LogP contribution in [0.3, 0.4) is 0 Å². The fourth-order valence-electron chi connectivity index (χ4n) is 2.99. The summed E-state index contributed by atoms with van der Waals surface area (Å²) in [7, 11) is 0. The molecule has 0 aliphatic carbocycles. The monoisotopic (exact) mass is 342 g/mol. The van der Waals surface area contributed by atoms with Crippen LogP contribution in [0, 0.1) is 6.92 Å². The number of halogens is 1. The molecule has 3 rings (SSSR count). The first-order chi connectivity index (χ1) is 11.5. The van der Waals surface area contributed by atoms with Crippen molar-refractivity contribution < 1.29 is 9.59 Å². The Hall–Kier alpha value is -2.33. The van der Waals surface area contributed by atoms with Gasteiger partial charge >= 0.3 is 0 Å². The molecule has 24 heavy (non-hydrogen) atoms. The number of benzene rings is 2. The molecule has 0 atom stereocenters. The molecule has 2 amide bonds. The first-order valence-electron chi connectivity index (χ1n) is 7.99. The van der Waals surface area contributed by atoms with Crippen molar-refractivity contribution >= 4 is 34.8 Å². The van der Waals surface area contributed by atoms with Crippen molar-refractivity contribution in [2.75, 3.05) is 16.8 Å². The Kier molecular flexibility index (Phi) is 4.86. The summed E-state index contributed by atoms with van der Waals surface area (Å²) in [4.78, 5) is 26.5. The van der Waals surface area contributed by atoms with Crippen LogP contribution in [0.2, 0.25) is 5.02 Å². The lowest BCUT2D eigenvalue weighted by atomic mass is 10.0. The zero-order valence-electron chi connectivity index (χ0n) is 13.5. The van der Waals surface area contributed by atoms with Crippen LogP contribution in [0.1, 0.15) is 24.0 Å². The minimum atomic E-state index is -0.312. The summed E-state index contributed by atoms with van der Waals surface area (Å²) in [6, 6.07) is 13.1. The molecule has 1 N–H and O–H groups in total. The summed E-state index contributed by atoms with van der Waals surface area (Å²) in [5.74, 6) is -0.486. The molecule has 4 nitrogen and oxygen atoms in total. The molecule has 0 fully saturated rings. The number of nitrogens with one attached hydrogen (secondary N) is 1. The van der Waals surface area contributed by atoms with E-state index in [-0.39, 0.29) is 18.2 Å². The smallest absolute Gasteiger partial charge is 0.236 e. The highest BCUT2D eigenvalue weighted by molar-refractivity contribution is 6.30. The second-order valence-electron chi connectivity index (χ2n) is 5.96. The third kappa shape index (κ3) is 3.60. The van der Waals surface area contributed by atoms with Crippen LogP contribution in [0.4, 0.5) is 11.4 Å².